The molecule has 1 atom stereocenters. The summed E-state index contributed by atoms with van der Waals surface area (Å²) in [5, 5.41) is 0.923. The second-order valence-electron chi connectivity index (χ2n) is 3.35. The van der Waals surface area contributed by atoms with Crippen LogP contribution < -0.4 is 0 Å². The van der Waals surface area contributed by atoms with E-state index in [0.29, 0.717) is 6.10 Å². The third-order valence-electron chi connectivity index (χ3n) is 2.26. The van der Waals surface area contributed by atoms with E-state index in [1.54, 1.807) is 11.3 Å². The van der Waals surface area contributed by atoms with E-state index in [1.165, 1.54) is 4.88 Å². The molecule has 0 aromatic carbocycles. The highest BCUT2D eigenvalue weighted by atomic mass is 79.9. The summed E-state index contributed by atoms with van der Waals surface area (Å²) in [6, 6.07) is 0. The van der Waals surface area contributed by atoms with Crippen LogP contribution in [0.25, 0.3) is 0 Å². The van der Waals surface area contributed by atoms with E-state index in [1.807, 2.05) is 11.7 Å². The Morgan fingerprint density at radius 1 is 1.71 bits per heavy atom. The van der Waals surface area contributed by atoms with Crippen LogP contribution >= 0.6 is 27.3 Å². The Balaban J connectivity index is 1.86. The third kappa shape index (κ3) is 2.76. The molecule has 2 heterocycles. The zero-order valence-electron chi connectivity index (χ0n) is 7.86. The average Bonchev–Trinajstić information content (AvgIpc) is 2.71. The number of nitrogens with zero attached hydrogens (tertiary/aromatic N) is 2. The highest BCUT2D eigenvalue weighted by molar-refractivity contribution is 9.09. The first kappa shape index (κ1) is 10.5. The molecule has 5 heteroatoms. The summed E-state index contributed by atoms with van der Waals surface area (Å²) in [6.45, 7) is 3.90. The maximum absolute atomic E-state index is 5.58. The topological polar surface area (TPSA) is 25.4 Å². The molecule has 1 saturated heterocycles. The molecule has 14 heavy (non-hydrogen) atoms. The largest absolute Gasteiger partial charge is 0.375 e. The van der Waals surface area contributed by atoms with Crippen molar-refractivity contribution in [3.8, 4) is 0 Å². The quantitative estimate of drug-likeness (QED) is 0.787. The number of ether oxygens (including phenoxy) is 1. The Morgan fingerprint density at radius 2 is 2.64 bits per heavy atom. The first-order chi connectivity index (χ1) is 6.88. The molecule has 2 rings (SSSR count). The maximum Gasteiger partial charge on any atom is 0.0799 e. The van der Waals surface area contributed by atoms with Crippen molar-refractivity contribution in [1.82, 2.24) is 9.88 Å². The van der Waals surface area contributed by atoms with Crippen molar-refractivity contribution >= 4 is 27.3 Å². The number of thiazole rings is 1. The molecule has 0 radical (unpaired) electrons. The highest BCUT2D eigenvalue weighted by Crippen LogP contribution is 2.13. The van der Waals surface area contributed by atoms with Crippen molar-refractivity contribution in [1.29, 1.82) is 0 Å². The summed E-state index contributed by atoms with van der Waals surface area (Å²) < 4.78 is 5.58. The monoisotopic (exact) mass is 276 g/mol. The Labute approximate surface area is 96.2 Å². The van der Waals surface area contributed by atoms with Gasteiger partial charge in [0.25, 0.3) is 0 Å². The van der Waals surface area contributed by atoms with E-state index < -0.39 is 0 Å². The van der Waals surface area contributed by atoms with Gasteiger partial charge in [0.2, 0.25) is 0 Å². The van der Waals surface area contributed by atoms with E-state index in [0.717, 1.165) is 31.6 Å². The minimum absolute atomic E-state index is 0.344. The third-order valence-corrected chi connectivity index (χ3v) is 3.74. The summed E-state index contributed by atoms with van der Waals surface area (Å²) in [5.74, 6) is 0. The molecule has 1 aromatic rings. The number of aromatic nitrogens is 1. The highest BCUT2D eigenvalue weighted by Gasteiger charge is 2.19. The Hall–Kier alpha value is 0.0300. The molecular formula is C9H13BrN2OS. The van der Waals surface area contributed by atoms with Gasteiger partial charge in [-0.15, -0.1) is 11.3 Å². The molecule has 1 aromatic heterocycles. The second-order valence-corrected chi connectivity index (χ2v) is 4.97. The summed E-state index contributed by atoms with van der Waals surface area (Å²) >= 11 is 5.18. The first-order valence-electron chi connectivity index (χ1n) is 4.66. The number of alkyl halides is 1. The summed E-state index contributed by atoms with van der Waals surface area (Å²) in [4.78, 5) is 7.83. The molecule has 3 nitrogen and oxygen atoms in total. The standard InChI is InChI=1S/C9H13BrN2OS/c10-3-8-5-12(1-2-13-8)6-9-4-11-7-14-9/h4,7-8H,1-3,5-6H2. The van der Waals surface area contributed by atoms with Gasteiger partial charge in [0.15, 0.2) is 0 Å². The molecule has 0 saturated carbocycles. The van der Waals surface area contributed by atoms with Gasteiger partial charge in [-0.05, 0) is 0 Å². The zero-order valence-corrected chi connectivity index (χ0v) is 10.3. The molecule has 1 aliphatic rings. The van der Waals surface area contributed by atoms with Crippen LogP contribution in [0.1, 0.15) is 4.88 Å². The van der Waals surface area contributed by atoms with Crippen LogP contribution in [-0.2, 0) is 11.3 Å². The lowest BCUT2D eigenvalue weighted by Crippen LogP contribution is -2.42. The van der Waals surface area contributed by atoms with Crippen molar-refractivity contribution < 1.29 is 4.74 Å². The van der Waals surface area contributed by atoms with Gasteiger partial charge in [-0.3, -0.25) is 9.88 Å². The molecular weight excluding hydrogens is 264 g/mol. The second kappa shape index (κ2) is 5.21. The minimum Gasteiger partial charge on any atom is -0.375 e. The van der Waals surface area contributed by atoms with E-state index in [9.17, 15) is 0 Å². The summed E-state index contributed by atoms with van der Waals surface area (Å²) in [5.41, 5.74) is 1.89. The Bertz CT molecular complexity index is 268. The fourth-order valence-electron chi connectivity index (χ4n) is 1.56. The first-order valence-corrected chi connectivity index (χ1v) is 6.66. The smallest absolute Gasteiger partial charge is 0.0799 e. The molecule has 1 fully saturated rings. The van der Waals surface area contributed by atoms with Crippen molar-refractivity contribution in [2.24, 2.45) is 0 Å². The molecule has 1 aliphatic heterocycles. The molecule has 0 spiro atoms. The van der Waals surface area contributed by atoms with Crippen molar-refractivity contribution in [3.63, 3.8) is 0 Å². The number of rotatable bonds is 3. The predicted octanol–water partition coefficient (Wildman–Crippen LogP) is 1.74. The van der Waals surface area contributed by atoms with Gasteiger partial charge < -0.3 is 4.74 Å². The van der Waals surface area contributed by atoms with Crippen LogP contribution in [0.3, 0.4) is 0 Å². The summed E-state index contributed by atoms with van der Waals surface area (Å²) in [6.07, 6.45) is 2.29. The van der Waals surface area contributed by atoms with E-state index in [4.69, 9.17) is 4.74 Å². The van der Waals surface area contributed by atoms with Gasteiger partial charge in [-0.1, -0.05) is 15.9 Å². The lowest BCUT2D eigenvalue weighted by Gasteiger charge is -2.31. The van der Waals surface area contributed by atoms with Gasteiger partial charge in [0.1, 0.15) is 0 Å². The number of morpholine rings is 1. The van der Waals surface area contributed by atoms with Crippen LogP contribution in [0.4, 0.5) is 0 Å². The van der Waals surface area contributed by atoms with Gasteiger partial charge >= 0.3 is 0 Å². The van der Waals surface area contributed by atoms with Gasteiger partial charge in [-0.25, -0.2) is 0 Å². The van der Waals surface area contributed by atoms with Gasteiger partial charge in [0.05, 0.1) is 18.2 Å². The molecule has 0 amide bonds. The van der Waals surface area contributed by atoms with Crippen LogP contribution in [0.2, 0.25) is 0 Å². The van der Waals surface area contributed by atoms with Crippen LogP contribution in [0, 0.1) is 0 Å². The fraction of sp³-hybridized carbons (Fsp3) is 0.667. The zero-order chi connectivity index (χ0) is 9.80. The molecule has 0 N–H and O–H groups in total. The van der Waals surface area contributed by atoms with Crippen LogP contribution in [-0.4, -0.2) is 41.0 Å². The SMILES string of the molecule is BrCC1CN(Cc2cncs2)CCO1. The van der Waals surface area contributed by atoms with Gasteiger partial charge in [0, 0.05) is 36.0 Å². The fourth-order valence-corrected chi connectivity index (χ4v) is 2.59. The summed E-state index contributed by atoms with van der Waals surface area (Å²) in [7, 11) is 0. The molecule has 0 bridgehead atoms. The van der Waals surface area contributed by atoms with Crippen molar-refractivity contribution in [2.75, 3.05) is 25.0 Å². The van der Waals surface area contributed by atoms with E-state index in [2.05, 4.69) is 25.8 Å². The van der Waals surface area contributed by atoms with E-state index >= 15 is 0 Å². The average molecular weight is 277 g/mol. The number of halogens is 1. The van der Waals surface area contributed by atoms with Crippen LogP contribution in [0.5, 0.6) is 0 Å². The Morgan fingerprint density at radius 3 is 3.36 bits per heavy atom. The lowest BCUT2D eigenvalue weighted by molar-refractivity contribution is -0.0178. The number of hydrogen-bond donors (Lipinski definition) is 0. The van der Waals surface area contributed by atoms with Crippen molar-refractivity contribution in [3.05, 3.63) is 16.6 Å². The molecule has 1 unspecified atom stereocenters. The predicted molar refractivity (Wildman–Crippen MR) is 60.9 cm³/mol. The minimum atomic E-state index is 0.344. The van der Waals surface area contributed by atoms with Gasteiger partial charge in [-0.2, -0.15) is 0 Å². The molecule has 78 valence electrons. The van der Waals surface area contributed by atoms with Crippen LogP contribution in [0.15, 0.2) is 11.7 Å². The van der Waals surface area contributed by atoms with E-state index in [-0.39, 0.29) is 0 Å². The Kier molecular flexibility index (Phi) is 3.92. The lowest BCUT2D eigenvalue weighted by atomic mass is 10.3. The molecule has 0 aliphatic carbocycles. The number of hydrogen-bond acceptors (Lipinski definition) is 4. The normalized spacial score (nSPS) is 23.9. The maximum atomic E-state index is 5.58. The van der Waals surface area contributed by atoms with Crippen molar-refractivity contribution in [2.45, 2.75) is 12.6 Å².